The first kappa shape index (κ1) is 16.2. The summed E-state index contributed by atoms with van der Waals surface area (Å²) in [5.41, 5.74) is 0.965. The third-order valence-electron chi connectivity index (χ3n) is 6.15. The number of rotatable bonds is 4. The summed E-state index contributed by atoms with van der Waals surface area (Å²) in [6.45, 7) is 9.84. The molecule has 4 rings (SSSR count). The summed E-state index contributed by atoms with van der Waals surface area (Å²) < 4.78 is 5.83. The zero-order chi connectivity index (χ0) is 16.7. The van der Waals surface area contributed by atoms with Gasteiger partial charge in [-0.05, 0) is 57.1 Å². The summed E-state index contributed by atoms with van der Waals surface area (Å²) in [4.78, 5) is 17.6. The van der Waals surface area contributed by atoms with E-state index < -0.39 is 0 Å². The maximum absolute atomic E-state index is 12.7. The Balaban J connectivity index is 1.41. The molecule has 3 heterocycles. The third kappa shape index (κ3) is 3.00. The largest absolute Gasteiger partial charge is 0.465 e. The van der Waals surface area contributed by atoms with Crippen molar-refractivity contribution in [3.05, 3.63) is 23.2 Å². The van der Waals surface area contributed by atoms with Crippen LogP contribution in [0.2, 0.25) is 0 Å². The Bertz CT molecular complexity index is 593. The van der Waals surface area contributed by atoms with E-state index in [1.807, 2.05) is 6.92 Å². The summed E-state index contributed by atoms with van der Waals surface area (Å²) in [5, 5.41) is 3.12. The monoisotopic (exact) mass is 331 g/mol. The van der Waals surface area contributed by atoms with Crippen molar-refractivity contribution >= 4 is 5.91 Å². The van der Waals surface area contributed by atoms with Crippen molar-refractivity contribution in [2.45, 2.75) is 51.6 Å². The van der Waals surface area contributed by atoms with Crippen LogP contribution in [-0.4, -0.2) is 54.0 Å². The maximum Gasteiger partial charge on any atom is 0.240 e. The zero-order valence-electron chi connectivity index (χ0n) is 14.9. The average molecular weight is 331 g/mol. The highest BCUT2D eigenvalue weighted by Crippen LogP contribution is 2.37. The lowest BCUT2D eigenvalue weighted by Crippen LogP contribution is -2.68. The molecule has 24 heavy (non-hydrogen) atoms. The lowest BCUT2D eigenvalue weighted by Gasteiger charge is -2.50. The molecule has 0 radical (unpaired) electrons. The number of carbonyl (C=O) groups excluding carboxylic acids is 1. The van der Waals surface area contributed by atoms with Crippen molar-refractivity contribution < 1.29 is 9.21 Å². The Hall–Kier alpha value is -1.33. The molecular weight excluding hydrogens is 302 g/mol. The number of piperidine rings is 1. The van der Waals surface area contributed by atoms with Gasteiger partial charge in [0.05, 0.1) is 6.54 Å². The van der Waals surface area contributed by atoms with Crippen LogP contribution in [0.25, 0.3) is 0 Å². The summed E-state index contributed by atoms with van der Waals surface area (Å²) in [5.74, 6) is 3.16. The molecule has 1 spiro atoms. The van der Waals surface area contributed by atoms with Gasteiger partial charge in [-0.2, -0.15) is 0 Å². The van der Waals surface area contributed by atoms with Crippen LogP contribution in [0.15, 0.2) is 10.5 Å². The molecule has 5 nitrogen and oxygen atoms in total. The molecule has 0 aromatic carbocycles. The fraction of sp³-hybridized carbons (Fsp3) is 0.737. The molecule has 1 aliphatic carbocycles. The third-order valence-corrected chi connectivity index (χ3v) is 6.15. The van der Waals surface area contributed by atoms with Crippen molar-refractivity contribution in [1.82, 2.24) is 15.1 Å². The van der Waals surface area contributed by atoms with Crippen molar-refractivity contribution in [2.75, 3.05) is 32.7 Å². The van der Waals surface area contributed by atoms with Gasteiger partial charge in [0.1, 0.15) is 17.1 Å². The van der Waals surface area contributed by atoms with Crippen molar-refractivity contribution in [3.63, 3.8) is 0 Å². The first-order chi connectivity index (χ1) is 11.6. The van der Waals surface area contributed by atoms with E-state index in [1.54, 1.807) is 0 Å². The molecule has 1 saturated carbocycles. The fourth-order valence-electron chi connectivity index (χ4n) is 4.28. The van der Waals surface area contributed by atoms with Gasteiger partial charge in [-0.15, -0.1) is 0 Å². The van der Waals surface area contributed by atoms with Gasteiger partial charge in [0.2, 0.25) is 5.91 Å². The molecule has 1 aromatic rings. The number of nitrogens with one attached hydrogen (secondary N) is 1. The Morgan fingerprint density at radius 2 is 2.00 bits per heavy atom. The summed E-state index contributed by atoms with van der Waals surface area (Å²) in [6.07, 6.45) is 4.56. The van der Waals surface area contributed by atoms with E-state index in [-0.39, 0.29) is 11.4 Å². The number of furan rings is 1. The number of likely N-dealkylation sites (tertiary alicyclic amines) is 1. The number of nitrogens with zero attached hydrogens (tertiary/aromatic N) is 2. The second kappa shape index (κ2) is 6.19. The minimum Gasteiger partial charge on any atom is -0.465 e. The van der Waals surface area contributed by atoms with E-state index in [1.165, 1.54) is 18.4 Å². The molecule has 1 amide bonds. The Morgan fingerprint density at radius 1 is 1.25 bits per heavy atom. The zero-order valence-corrected chi connectivity index (χ0v) is 14.9. The van der Waals surface area contributed by atoms with E-state index in [2.05, 4.69) is 28.1 Å². The maximum atomic E-state index is 12.7. The van der Waals surface area contributed by atoms with E-state index in [0.717, 1.165) is 69.5 Å². The molecule has 3 aliphatic rings. The normalized spacial score (nSPS) is 25.2. The molecule has 5 heteroatoms. The van der Waals surface area contributed by atoms with E-state index in [4.69, 9.17) is 4.42 Å². The van der Waals surface area contributed by atoms with Gasteiger partial charge in [0.15, 0.2) is 0 Å². The quantitative estimate of drug-likeness (QED) is 0.918. The smallest absolute Gasteiger partial charge is 0.240 e. The van der Waals surface area contributed by atoms with Crippen LogP contribution < -0.4 is 5.32 Å². The number of piperazine rings is 1. The Morgan fingerprint density at radius 3 is 2.62 bits per heavy atom. The molecular formula is C19H29N3O2. The van der Waals surface area contributed by atoms with Gasteiger partial charge in [-0.1, -0.05) is 0 Å². The molecule has 0 atom stereocenters. The first-order valence-electron chi connectivity index (χ1n) is 9.38. The van der Waals surface area contributed by atoms with Crippen LogP contribution in [0.1, 0.15) is 42.8 Å². The lowest BCUT2D eigenvalue weighted by molar-refractivity contribution is -0.142. The van der Waals surface area contributed by atoms with Gasteiger partial charge in [0, 0.05) is 32.7 Å². The molecule has 1 N–H and O–H groups in total. The minimum atomic E-state index is -0.258. The fourth-order valence-corrected chi connectivity index (χ4v) is 4.28. The van der Waals surface area contributed by atoms with Crippen LogP contribution in [0, 0.1) is 19.8 Å². The molecule has 1 aromatic heterocycles. The minimum absolute atomic E-state index is 0.258. The molecule has 2 aliphatic heterocycles. The molecule has 0 unspecified atom stereocenters. The molecule has 3 fully saturated rings. The van der Waals surface area contributed by atoms with Gasteiger partial charge in [-0.25, -0.2) is 0 Å². The van der Waals surface area contributed by atoms with Crippen molar-refractivity contribution in [3.8, 4) is 0 Å². The van der Waals surface area contributed by atoms with E-state index in [9.17, 15) is 4.79 Å². The van der Waals surface area contributed by atoms with Crippen LogP contribution in [0.3, 0.4) is 0 Å². The highest BCUT2D eigenvalue weighted by atomic mass is 16.3. The van der Waals surface area contributed by atoms with Crippen molar-refractivity contribution in [1.29, 1.82) is 0 Å². The SMILES string of the molecule is Cc1cc(CN2CCC3(CC2)C(=O)NCCN3CC2CC2)oc1C. The van der Waals surface area contributed by atoms with E-state index >= 15 is 0 Å². The summed E-state index contributed by atoms with van der Waals surface area (Å²) >= 11 is 0. The molecule has 2 saturated heterocycles. The van der Waals surface area contributed by atoms with Crippen LogP contribution >= 0.6 is 0 Å². The highest BCUT2D eigenvalue weighted by Gasteiger charge is 2.49. The number of amides is 1. The number of carbonyl (C=O) groups is 1. The van der Waals surface area contributed by atoms with Gasteiger partial charge in [0.25, 0.3) is 0 Å². The average Bonchev–Trinajstić information content (AvgIpc) is 3.32. The molecule has 132 valence electrons. The highest BCUT2D eigenvalue weighted by molar-refractivity contribution is 5.87. The van der Waals surface area contributed by atoms with Crippen LogP contribution in [0.4, 0.5) is 0 Å². The number of hydrogen-bond donors (Lipinski definition) is 1. The van der Waals surface area contributed by atoms with Gasteiger partial charge >= 0.3 is 0 Å². The second-order valence-corrected chi connectivity index (χ2v) is 7.90. The van der Waals surface area contributed by atoms with Gasteiger partial charge < -0.3 is 9.73 Å². The topological polar surface area (TPSA) is 48.7 Å². The lowest BCUT2D eigenvalue weighted by atomic mass is 9.83. The second-order valence-electron chi connectivity index (χ2n) is 7.90. The Kier molecular flexibility index (Phi) is 4.17. The van der Waals surface area contributed by atoms with Gasteiger partial charge in [-0.3, -0.25) is 14.6 Å². The first-order valence-corrected chi connectivity index (χ1v) is 9.38. The number of hydrogen-bond acceptors (Lipinski definition) is 4. The van der Waals surface area contributed by atoms with Crippen molar-refractivity contribution in [2.24, 2.45) is 5.92 Å². The summed E-state index contributed by atoms with van der Waals surface area (Å²) in [6, 6.07) is 2.15. The van der Waals surface area contributed by atoms with E-state index in [0.29, 0.717) is 0 Å². The predicted molar refractivity (Wildman–Crippen MR) is 92.7 cm³/mol. The number of aryl methyl sites for hydroxylation is 2. The van der Waals surface area contributed by atoms with Crippen LogP contribution in [0.5, 0.6) is 0 Å². The predicted octanol–water partition coefficient (Wildman–Crippen LogP) is 2.07. The standard InChI is InChI=1S/C19H29N3O2/c1-14-11-17(24-15(14)2)13-21-8-5-19(6-9-21)18(23)20-7-10-22(19)12-16-3-4-16/h11,16H,3-10,12-13H2,1-2H3,(H,20,23). The summed E-state index contributed by atoms with van der Waals surface area (Å²) in [7, 11) is 0. The van der Waals surface area contributed by atoms with Crippen LogP contribution in [-0.2, 0) is 11.3 Å². The molecule has 0 bridgehead atoms. The Labute approximate surface area is 144 Å².